The van der Waals surface area contributed by atoms with Gasteiger partial charge in [-0.05, 0) is 116 Å². The van der Waals surface area contributed by atoms with Gasteiger partial charge < -0.3 is 18.9 Å². The van der Waals surface area contributed by atoms with Gasteiger partial charge in [0.15, 0.2) is 6.10 Å². The largest absolute Gasteiger partial charge is 0.472 e. The fraction of sp³-hybridized carbons (Fsp3) is 0.662. The zero-order chi connectivity index (χ0) is 59.1. The monoisotopic (exact) mass is 1150 g/mol. The van der Waals surface area contributed by atoms with Crippen molar-refractivity contribution in [3.8, 4) is 0 Å². The van der Waals surface area contributed by atoms with E-state index in [0.29, 0.717) is 17.4 Å². The Labute approximate surface area is 498 Å². The van der Waals surface area contributed by atoms with E-state index in [1.54, 1.807) is 0 Å². The smallest absolute Gasteiger partial charge is 0.462 e. The first-order valence-electron chi connectivity index (χ1n) is 32.4. The van der Waals surface area contributed by atoms with Gasteiger partial charge in [0.1, 0.15) is 19.8 Å². The lowest BCUT2D eigenvalue weighted by Crippen LogP contribution is -2.37. The molecule has 0 spiro atoms. The summed E-state index contributed by atoms with van der Waals surface area (Å²) >= 11 is 0. The van der Waals surface area contributed by atoms with E-state index >= 15 is 0 Å². The number of rotatable bonds is 58. The van der Waals surface area contributed by atoms with Gasteiger partial charge in [0.25, 0.3) is 0 Å². The average molecular weight is 1150 g/mol. The second-order valence-corrected chi connectivity index (χ2v) is 23.9. The van der Waals surface area contributed by atoms with E-state index in [0.717, 1.165) is 122 Å². The Morgan fingerprint density at radius 3 is 1.06 bits per heavy atom. The van der Waals surface area contributed by atoms with Crippen LogP contribution in [0.1, 0.15) is 251 Å². The molecule has 2 atom stereocenters. The fourth-order valence-corrected chi connectivity index (χ4v) is 9.19. The Hall–Kier alpha value is -3.85. The third-order valence-electron chi connectivity index (χ3n) is 13.4. The van der Waals surface area contributed by atoms with Crippen LogP contribution in [-0.4, -0.2) is 74.9 Å². The van der Waals surface area contributed by atoms with Crippen molar-refractivity contribution in [1.29, 1.82) is 0 Å². The number of carbonyl (C=O) groups excluding carboxylic acids is 2. The van der Waals surface area contributed by atoms with Gasteiger partial charge in [-0.25, -0.2) is 4.57 Å². The molecule has 0 saturated heterocycles. The van der Waals surface area contributed by atoms with E-state index < -0.39 is 26.5 Å². The minimum absolute atomic E-state index is 0.0234. The minimum atomic E-state index is -4.40. The van der Waals surface area contributed by atoms with Crippen LogP contribution in [0.15, 0.2) is 134 Å². The Morgan fingerprint density at radius 1 is 0.395 bits per heavy atom. The SMILES string of the molecule is CC/C=C\C/C=C\C/C=C\C/C=C\C/C=C\C/C=C\C/C=C\C/C=C\C/C=C\C/C=C\CCCCCCCCCCC(=O)OC(COC(=O)CCCCCCCCC/C=C\CCCCCCCCC)COP(=O)(O)OCC[N+](C)(C)C. The maximum absolute atomic E-state index is 12.8. The zero-order valence-electron chi connectivity index (χ0n) is 52.5. The Kier molecular flexibility index (Phi) is 57.8. The van der Waals surface area contributed by atoms with Crippen LogP contribution in [-0.2, 0) is 32.7 Å². The summed E-state index contributed by atoms with van der Waals surface area (Å²) in [6.07, 6.45) is 88.2. The summed E-state index contributed by atoms with van der Waals surface area (Å²) in [7, 11) is 1.46. The lowest BCUT2D eigenvalue weighted by molar-refractivity contribution is -0.870. The molecule has 0 aromatic carbocycles. The van der Waals surface area contributed by atoms with E-state index in [-0.39, 0.29) is 32.0 Å². The molecule has 0 rings (SSSR count). The molecule has 0 bridgehead atoms. The molecule has 0 aliphatic rings. The van der Waals surface area contributed by atoms with Crippen molar-refractivity contribution in [2.75, 3.05) is 47.5 Å². The average Bonchev–Trinajstić information content (AvgIpc) is 3.43. The molecule has 0 heterocycles. The first-order valence-corrected chi connectivity index (χ1v) is 33.9. The molecule has 1 N–H and O–H groups in total. The molecule has 2 unspecified atom stereocenters. The van der Waals surface area contributed by atoms with Gasteiger partial charge in [-0.15, -0.1) is 0 Å². The zero-order valence-corrected chi connectivity index (χ0v) is 53.4. The van der Waals surface area contributed by atoms with Gasteiger partial charge in [0, 0.05) is 12.8 Å². The van der Waals surface area contributed by atoms with Crippen molar-refractivity contribution in [3.05, 3.63) is 134 Å². The summed E-state index contributed by atoms with van der Waals surface area (Å²) in [6, 6.07) is 0. The highest BCUT2D eigenvalue weighted by molar-refractivity contribution is 7.47. The number of allylic oxidation sites excluding steroid dienone is 22. The molecular weight excluding hydrogens is 1030 g/mol. The topological polar surface area (TPSA) is 108 Å². The van der Waals surface area contributed by atoms with Crippen LogP contribution in [0.3, 0.4) is 0 Å². The predicted octanol–water partition coefficient (Wildman–Crippen LogP) is 20.9. The molecule has 0 amide bonds. The quantitative estimate of drug-likeness (QED) is 0.0211. The molecule has 81 heavy (non-hydrogen) atoms. The molecule has 0 aliphatic heterocycles. The van der Waals surface area contributed by atoms with Crippen molar-refractivity contribution in [3.63, 3.8) is 0 Å². The van der Waals surface area contributed by atoms with Gasteiger partial charge in [-0.1, -0.05) is 257 Å². The molecule has 0 saturated carbocycles. The summed E-state index contributed by atoms with van der Waals surface area (Å²) in [5.74, 6) is -0.816. The number of unbranched alkanes of at least 4 members (excludes halogenated alkanes) is 22. The predicted molar refractivity (Wildman–Crippen MR) is 348 cm³/mol. The maximum Gasteiger partial charge on any atom is 0.472 e. The Morgan fingerprint density at radius 2 is 0.704 bits per heavy atom. The van der Waals surface area contributed by atoms with Gasteiger partial charge in [0.05, 0.1) is 27.7 Å². The van der Waals surface area contributed by atoms with Gasteiger partial charge in [0.2, 0.25) is 0 Å². The summed E-state index contributed by atoms with van der Waals surface area (Å²) in [6.45, 7) is 4.30. The molecular formula is C71H121NO8P+. The Balaban J connectivity index is 4.14. The van der Waals surface area contributed by atoms with Crippen LogP contribution in [0.5, 0.6) is 0 Å². The van der Waals surface area contributed by atoms with Crippen LogP contribution in [0.4, 0.5) is 0 Å². The summed E-state index contributed by atoms with van der Waals surface area (Å²) in [5, 5.41) is 0. The van der Waals surface area contributed by atoms with Crippen LogP contribution >= 0.6 is 7.82 Å². The first kappa shape index (κ1) is 77.2. The number of ether oxygens (including phenoxy) is 2. The van der Waals surface area contributed by atoms with Crippen LogP contribution < -0.4 is 0 Å². The number of likely N-dealkylation sites (N-methyl/N-ethyl adjacent to an activating group) is 1. The summed E-state index contributed by atoms with van der Waals surface area (Å²) < 4.78 is 34.6. The van der Waals surface area contributed by atoms with Crippen molar-refractivity contribution in [2.24, 2.45) is 0 Å². The van der Waals surface area contributed by atoms with Crippen molar-refractivity contribution >= 4 is 19.8 Å². The van der Waals surface area contributed by atoms with Crippen molar-refractivity contribution in [2.45, 2.75) is 258 Å². The van der Waals surface area contributed by atoms with Gasteiger partial charge in [-0.2, -0.15) is 0 Å². The molecule has 0 aromatic heterocycles. The highest BCUT2D eigenvalue weighted by atomic mass is 31.2. The van der Waals surface area contributed by atoms with Crippen LogP contribution in [0.2, 0.25) is 0 Å². The summed E-state index contributed by atoms with van der Waals surface area (Å²) in [5.41, 5.74) is 0. The van der Waals surface area contributed by atoms with Crippen LogP contribution in [0, 0.1) is 0 Å². The highest BCUT2D eigenvalue weighted by Crippen LogP contribution is 2.43. The number of esters is 2. The lowest BCUT2D eigenvalue weighted by Gasteiger charge is -2.24. The van der Waals surface area contributed by atoms with E-state index in [1.807, 2.05) is 21.1 Å². The number of hydrogen-bond donors (Lipinski definition) is 1. The molecule has 462 valence electrons. The standard InChI is InChI=1S/C71H120NO8P/c1-6-8-10-12-14-16-18-20-22-24-26-27-28-29-30-31-32-33-34-35-36-37-38-39-40-41-42-43-44-45-46-48-50-52-54-56-58-60-62-64-71(74)80-69(68-79-81(75,76)78-66-65-72(3,4)5)67-77-70(73)63-61-59-57-55-53-51-49-47-25-23-21-19-17-15-13-11-9-7-2/h8,10,14,16,20,22-23,25-27,29-30,32-33,35-36,38-39,41-42,44-45,69H,6-7,9,11-13,15,17-19,21,24,28,31,34,37,40,43,46-68H2,1-5H3/p+1/b10-8-,16-14-,22-20-,25-23-,27-26-,30-29-,33-32-,36-35-,39-38-,42-41-,45-44-. The normalized spacial score (nSPS) is 14.1. The second-order valence-electron chi connectivity index (χ2n) is 22.4. The summed E-state index contributed by atoms with van der Waals surface area (Å²) in [4.78, 5) is 35.7. The first-order chi connectivity index (χ1) is 39.5. The minimum Gasteiger partial charge on any atom is -0.462 e. The molecule has 10 heteroatoms. The molecule has 0 fully saturated rings. The molecule has 0 aliphatic carbocycles. The van der Waals surface area contributed by atoms with Crippen LogP contribution in [0.25, 0.3) is 0 Å². The second kappa shape index (κ2) is 60.7. The van der Waals surface area contributed by atoms with E-state index in [2.05, 4.69) is 148 Å². The van der Waals surface area contributed by atoms with E-state index in [9.17, 15) is 19.0 Å². The molecule has 0 radical (unpaired) electrons. The van der Waals surface area contributed by atoms with E-state index in [1.165, 1.54) is 96.3 Å². The number of hydrogen-bond acceptors (Lipinski definition) is 7. The third kappa shape index (κ3) is 65.2. The number of carbonyl (C=O) groups is 2. The van der Waals surface area contributed by atoms with Gasteiger partial charge >= 0.3 is 19.8 Å². The lowest BCUT2D eigenvalue weighted by atomic mass is 10.1. The maximum atomic E-state index is 12.8. The number of phosphoric acid groups is 1. The van der Waals surface area contributed by atoms with Gasteiger partial charge in [-0.3, -0.25) is 18.6 Å². The van der Waals surface area contributed by atoms with E-state index in [4.69, 9.17) is 18.5 Å². The molecule has 9 nitrogen and oxygen atoms in total. The van der Waals surface area contributed by atoms with Crippen molar-refractivity contribution < 1.29 is 42.1 Å². The molecule has 0 aromatic rings. The third-order valence-corrected chi connectivity index (χ3v) is 14.4. The van der Waals surface area contributed by atoms with Crippen molar-refractivity contribution in [1.82, 2.24) is 0 Å². The number of nitrogens with zero attached hydrogens (tertiary/aromatic N) is 1. The fourth-order valence-electron chi connectivity index (χ4n) is 8.45. The number of quaternary nitrogens is 1. The highest BCUT2D eigenvalue weighted by Gasteiger charge is 2.27. The Bertz CT molecular complexity index is 1830. The number of phosphoric ester groups is 1.